The summed E-state index contributed by atoms with van der Waals surface area (Å²) in [7, 11) is 1.58. The molecule has 2 amide bonds. The Morgan fingerprint density at radius 3 is 2.52 bits per heavy atom. The fourth-order valence-corrected chi connectivity index (χ4v) is 3.17. The van der Waals surface area contributed by atoms with Gasteiger partial charge < -0.3 is 19.9 Å². The molecule has 7 heteroatoms. The maximum Gasteiger partial charge on any atom is 0.246 e. The van der Waals surface area contributed by atoms with Crippen LogP contribution < -0.4 is 10.2 Å². The molecule has 1 heterocycles. The minimum Gasteiger partial charge on any atom is -0.378 e. The van der Waals surface area contributed by atoms with Crippen LogP contribution in [0.15, 0.2) is 54.6 Å². The lowest BCUT2D eigenvalue weighted by Crippen LogP contribution is -2.36. The molecule has 2 aromatic rings. The Labute approximate surface area is 175 Å². The van der Waals surface area contributed by atoms with Crippen molar-refractivity contribution in [3.63, 3.8) is 0 Å². The third-order valence-electron chi connectivity index (χ3n) is 4.59. The minimum absolute atomic E-state index is 0.0447. The average molecular weight is 414 g/mol. The van der Waals surface area contributed by atoms with E-state index >= 15 is 0 Å². The van der Waals surface area contributed by atoms with Crippen molar-refractivity contribution in [2.75, 3.05) is 50.1 Å². The van der Waals surface area contributed by atoms with Crippen LogP contribution in [0.5, 0.6) is 0 Å². The van der Waals surface area contributed by atoms with Crippen LogP contribution in [0.1, 0.15) is 5.56 Å². The second-order valence-corrected chi connectivity index (χ2v) is 7.15. The summed E-state index contributed by atoms with van der Waals surface area (Å²) in [4.78, 5) is 28.1. The number of hydrogen-bond donors (Lipinski definition) is 1. The van der Waals surface area contributed by atoms with E-state index in [0.717, 1.165) is 37.6 Å². The zero-order valence-corrected chi connectivity index (χ0v) is 17.1. The van der Waals surface area contributed by atoms with Crippen molar-refractivity contribution < 1.29 is 14.3 Å². The van der Waals surface area contributed by atoms with Gasteiger partial charge in [0.1, 0.15) is 0 Å². The summed E-state index contributed by atoms with van der Waals surface area (Å²) in [6.45, 7) is 3.13. The van der Waals surface area contributed by atoms with Gasteiger partial charge in [0, 0.05) is 42.6 Å². The van der Waals surface area contributed by atoms with Gasteiger partial charge in [-0.2, -0.15) is 0 Å². The molecule has 0 atom stereocenters. The number of nitrogens with one attached hydrogen (secondary N) is 1. The summed E-state index contributed by atoms with van der Waals surface area (Å²) in [6, 6.07) is 14.9. The van der Waals surface area contributed by atoms with Crippen molar-refractivity contribution in [3.05, 3.63) is 65.2 Å². The largest absolute Gasteiger partial charge is 0.378 e. The summed E-state index contributed by atoms with van der Waals surface area (Å²) in [5, 5.41) is 3.39. The summed E-state index contributed by atoms with van der Waals surface area (Å²) in [6.07, 6.45) is 3.05. The lowest BCUT2D eigenvalue weighted by atomic mass is 10.2. The molecule has 6 nitrogen and oxygen atoms in total. The van der Waals surface area contributed by atoms with Gasteiger partial charge in [0.2, 0.25) is 11.8 Å². The fourth-order valence-electron chi connectivity index (χ4n) is 2.97. The quantitative estimate of drug-likeness (QED) is 0.738. The number of halogens is 1. The molecule has 0 radical (unpaired) electrons. The maximum atomic E-state index is 12.3. The van der Waals surface area contributed by atoms with E-state index in [4.69, 9.17) is 16.3 Å². The van der Waals surface area contributed by atoms with E-state index in [1.54, 1.807) is 19.2 Å². The zero-order valence-electron chi connectivity index (χ0n) is 16.3. The summed E-state index contributed by atoms with van der Waals surface area (Å²) >= 11 is 6.07. The van der Waals surface area contributed by atoms with E-state index in [2.05, 4.69) is 10.2 Å². The molecule has 1 N–H and O–H groups in total. The molecule has 2 aromatic carbocycles. The number of morpholine rings is 1. The smallest absolute Gasteiger partial charge is 0.246 e. The molecule has 0 saturated carbocycles. The Morgan fingerprint density at radius 2 is 1.83 bits per heavy atom. The lowest BCUT2D eigenvalue weighted by Gasteiger charge is -2.28. The Hall–Kier alpha value is -2.83. The van der Waals surface area contributed by atoms with E-state index in [1.807, 2.05) is 42.5 Å². The first-order chi connectivity index (χ1) is 14.0. The number of hydrogen-bond acceptors (Lipinski definition) is 4. The zero-order chi connectivity index (χ0) is 20.6. The monoisotopic (exact) mass is 413 g/mol. The number of rotatable bonds is 6. The summed E-state index contributed by atoms with van der Waals surface area (Å²) in [5.74, 6) is -0.533. The molecule has 0 aliphatic carbocycles. The molecule has 152 valence electrons. The highest BCUT2D eigenvalue weighted by atomic mass is 35.5. The standard InChI is InChI=1S/C22H24ClN3O3/c1-25(22(28)11-6-17-4-2-3-5-20(17)23)16-21(27)24-18-7-9-19(10-8-18)26-12-14-29-15-13-26/h2-11H,12-16H2,1H3,(H,24,27)/b11-6+. The Kier molecular flexibility index (Phi) is 7.27. The third-order valence-corrected chi connectivity index (χ3v) is 4.94. The van der Waals surface area contributed by atoms with Gasteiger partial charge in [0.25, 0.3) is 0 Å². The van der Waals surface area contributed by atoms with Gasteiger partial charge in [-0.05, 0) is 42.0 Å². The van der Waals surface area contributed by atoms with Crippen LogP contribution in [-0.4, -0.2) is 56.6 Å². The van der Waals surface area contributed by atoms with Crippen molar-refractivity contribution in [2.24, 2.45) is 0 Å². The molecule has 1 fully saturated rings. The first kappa shape index (κ1) is 20.9. The highest BCUT2D eigenvalue weighted by molar-refractivity contribution is 6.32. The Balaban J connectivity index is 1.50. The highest BCUT2D eigenvalue weighted by Gasteiger charge is 2.13. The highest BCUT2D eigenvalue weighted by Crippen LogP contribution is 2.19. The summed E-state index contributed by atoms with van der Waals surface area (Å²) in [5.41, 5.74) is 2.54. The second-order valence-electron chi connectivity index (χ2n) is 6.74. The number of ether oxygens (including phenoxy) is 1. The van der Waals surface area contributed by atoms with Crippen LogP contribution in [-0.2, 0) is 14.3 Å². The second kappa shape index (κ2) is 10.1. The van der Waals surface area contributed by atoms with Crippen molar-refractivity contribution >= 4 is 40.9 Å². The molecule has 3 rings (SSSR count). The van der Waals surface area contributed by atoms with E-state index in [-0.39, 0.29) is 18.4 Å². The molecule has 1 saturated heterocycles. The van der Waals surface area contributed by atoms with Crippen LogP contribution in [0, 0.1) is 0 Å². The Bertz CT molecular complexity index is 877. The molecule has 0 unspecified atom stereocenters. The average Bonchev–Trinajstić information content (AvgIpc) is 2.74. The van der Waals surface area contributed by atoms with Crippen LogP contribution >= 0.6 is 11.6 Å². The van der Waals surface area contributed by atoms with E-state index in [9.17, 15) is 9.59 Å². The Morgan fingerprint density at radius 1 is 1.14 bits per heavy atom. The topological polar surface area (TPSA) is 61.9 Å². The van der Waals surface area contributed by atoms with Gasteiger partial charge in [-0.15, -0.1) is 0 Å². The minimum atomic E-state index is -0.275. The third kappa shape index (κ3) is 6.07. The lowest BCUT2D eigenvalue weighted by molar-refractivity contribution is -0.129. The van der Waals surface area contributed by atoms with Crippen LogP contribution in [0.2, 0.25) is 5.02 Å². The summed E-state index contributed by atoms with van der Waals surface area (Å²) < 4.78 is 5.36. The van der Waals surface area contributed by atoms with Crippen LogP contribution in [0.4, 0.5) is 11.4 Å². The number of carbonyl (C=O) groups excluding carboxylic acids is 2. The molecule has 0 spiro atoms. The fraction of sp³-hybridized carbons (Fsp3) is 0.273. The molecule has 1 aliphatic rings. The maximum absolute atomic E-state index is 12.3. The normalized spacial score (nSPS) is 14.1. The van der Waals surface area contributed by atoms with Crippen molar-refractivity contribution in [1.29, 1.82) is 0 Å². The molecule has 0 aromatic heterocycles. The predicted molar refractivity (Wildman–Crippen MR) is 116 cm³/mol. The number of nitrogens with zero attached hydrogens (tertiary/aromatic N) is 2. The number of carbonyl (C=O) groups is 2. The predicted octanol–water partition coefficient (Wildman–Crippen LogP) is 3.29. The van der Waals surface area contributed by atoms with Gasteiger partial charge >= 0.3 is 0 Å². The molecular formula is C22H24ClN3O3. The SMILES string of the molecule is CN(CC(=O)Nc1ccc(N2CCOCC2)cc1)C(=O)/C=C/c1ccccc1Cl. The first-order valence-corrected chi connectivity index (χ1v) is 9.81. The van der Waals surface area contributed by atoms with Crippen LogP contribution in [0.3, 0.4) is 0 Å². The van der Waals surface area contributed by atoms with E-state index in [1.165, 1.54) is 11.0 Å². The molecular weight excluding hydrogens is 390 g/mol. The van der Waals surface area contributed by atoms with Crippen molar-refractivity contribution in [1.82, 2.24) is 4.90 Å². The van der Waals surface area contributed by atoms with E-state index in [0.29, 0.717) is 10.7 Å². The van der Waals surface area contributed by atoms with Gasteiger partial charge in [-0.3, -0.25) is 9.59 Å². The van der Waals surface area contributed by atoms with Gasteiger partial charge in [0.15, 0.2) is 0 Å². The van der Waals surface area contributed by atoms with Gasteiger partial charge in [0.05, 0.1) is 19.8 Å². The molecule has 1 aliphatic heterocycles. The number of amides is 2. The van der Waals surface area contributed by atoms with Gasteiger partial charge in [-0.25, -0.2) is 0 Å². The molecule has 29 heavy (non-hydrogen) atoms. The number of benzene rings is 2. The van der Waals surface area contributed by atoms with E-state index < -0.39 is 0 Å². The van der Waals surface area contributed by atoms with Crippen molar-refractivity contribution in [3.8, 4) is 0 Å². The number of likely N-dealkylation sites (N-methyl/N-ethyl adjacent to an activating group) is 1. The first-order valence-electron chi connectivity index (χ1n) is 9.43. The van der Waals surface area contributed by atoms with Gasteiger partial charge in [-0.1, -0.05) is 29.8 Å². The number of anilines is 2. The van der Waals surface area contributed by atoms with Crippen molar-refractivity contribution in [2.45, 2.75) is 0 Å². The van der Waals surface area contributed by atoms with Crippen LogP contribution in [0.25, 0.3) is 6.08 Å². The molecule has 0 bridgehead atoms.